The number of hydrogen-bond donors (Lipinski definition) is 0. The van der Waals surface area contributed by atoms with E-state index in [1.54, 1.807) is 0 Å². The first-order chi connectivity index (χ1) is 7.36. The molecule has 1 saturated heterocycles. The molecule has 1 fully saturated rings. The van der Waals surface area contributed by atoms with Crippen LogP contribution >= 0.6 is 0 Å². The highest BCUT2D eigenvalue weighted by molar-refractivity contribution is 4.71. The Bertz CT molecular complexity index is 142. The number of rotatable bonds is 7. The number of piperazine rings is 1. The second kappa shape index (κ2) is 8.08. The molecule has 0 aliphatic carbocycles. The van der Waals surface area contributed by atoms with Gasteiger partial charge in [0.2, 0.25) is 0 Å². The summed E-state index contributed by atoms with van der Waals surface area (Å²) in [6.07, 6.45) is 4.93. The molecule has 0 amide bonds. The summed E-state index contributed by atoms with van der Waals surface area (Å²) in [5.74, 6) is 0. The van der Waals surface area contributed by atoms with E-state index >= 15 is 0 Å². The molecule has 0 aromatic rings. The first-order valence-electron chi connectivity index (χ1n) is 6.46. The van der Waals surface area contributed by atoms with E-state index in [0.717, 1.165) is 6.42 Å². The van der Waals surface area contributed by atoms with Crippen LogP contribution in [0.4, 0.5) is 0 Å². The SMILES string of the molecule is CCCCN1CCN(CCCC[NH])CC1. The quantitative estimate of drug-likeness (QED) is 0.598. The van der Waals surface area contributed by atoms with Gasteiger partial charge in [-0.3, -0.25) is 5.73 Å². The smallest absolute Gasteiger partial charge is 0.0110 e. The molecule has 3 nitrogen and oxygen atoms in total. The molecule has 89 valence electrons. The van der Waals surface area contributed by atoms with Crippen LogP contribution in [0.15, 0.2) is 0 Å². The minimum Gasteiger partial charge on any atom is -0.301 e. The van der Waals surface area contributed by atoms with Crippen LogP contribution in [0.2, 0.25) is 0 Å². The number of hydrogen-bond acceptors (Lipinski definition) is 2. The van der Waals surface area contributed by atoms with Gasteiger partial charge in [0.15, 0.2) is 0 Å². The van der Waals surface area contributed by atoms with Crippen molar-refractivity contribution in [2.75, 3.05) is 45.8 Å². The fourth-order valence-corrected chi connectivity index (χ4v) is 2.08. The standard InChI is InChI=1S/C12H26N3/c1-2-3-7-14-9-11-15(12-10-14)8-5-4-6-13/h13H,2-12H2,1H3. The van der Waals surface area contributed by atoms with E-state index in [-0.39, 0.29) is 0 Å². The van der Waals surface area contributed by atoms with Crippen molar-refractivity contribution in [2.24, 2.45) is 0 Å². The predicted molar refractivity (Wildman–Crippen MR) is 65.0 cm³/mol. The molecule has 1 heterocycles. The predicted octanol–water partition coefficient (Wildman–Crippen LogP) is 1.47. The Morgan fingerprint density at radius 1 is 0.867 bits per heavy atom. The molecule has 0 bridgehead atoms. The Morgan fingerprint density at radius 3 is 1.87 bits per heavy atom. The Morgan fingerprint density at radius 2 is 1.40 bits per heavy atom. The molecular weight excluding hydrogens is 186 g/mol. The summed E-state index contributed by atoms with van der Waals surface area (Å²) in [5, 5.41) is 0. The van der Waals surface area contributed by atoms with Crippen molar-refractivity contribution in [1.82, 2.24) is 15.5 Å². The summed E-state index contributed by atoms with van der Waals surface area (Å²) in [4.78, 5) is 5.14. The largest absolute Gasteiger partial charge is 0.301 e. The third-order valence-electron chi connectivity index (χ3n) is 3.19. The summed E-state index contributed by atoms with van der Waals surface area (Å²) in [7, 11) is 0. The summed E-state index contributed by atoms with van der Waals surface area (Å²) >= 11 is 0. The van der Waals surface area contributed by atoms with Crippen molar-refractivity contribution in [2.45, 2.75) is 32.6 Å². The lowest BCUT2D eigenvalue weighted by Crippen LogP contribution is -2.46. The molecule has 0 unspecified atom stereocenters. The van der Waals surface area contributed by atoms with Crippen molar-refractivity contribution >= 4 is 0 Å². The Kier molecular flexibility index (Phi) is 6.98. The van der Waals surface area contributed by atoms with Crippen molar-refractivity contribution in [3.8, 4) is 0 Å². The Balaban J connectivity index is 2.02. The second-order valence-corrected chi connectivity index (χ2v) is 4.49. The third-order valence-corrected chi connectivity index (χ3v) is 3.19. The molecule has 0 aromatic heterocycles. The van der Waals surface area contributed by atoms with E-state index in [4.69, 9.17) is 5.73 Å². The summed E-state index contributed by atoms with van der Waals surface area (Å²) in [5.41, 5.74) is 7.10. The van der Waals surface area contributed by atoms with Gasteiger partial charge < -0.3 is 9.80 Å². The molecule has 0 saturated carbocycles. The van der Waals surface area contributed by atoms with Gasteiger partial charge in [-0.1, -0.05) is 13.3 Å². The van der Waals surface area contributed by atoms with Crippen LogP contribution in [-0.4, -0.2) is 55.6 Å². The lowest BCUT2D eigenvalue weighted by atomic mass is 10.2. The number of nitrogens with one attached hydrogen (secondary N) is 1. The second-order valence-electron chi connectivity index (χ2n) is 4.49. The summed E-state index contributed by atoms with van der Waals surface area (Å²) in [6, 6.07) is 0. The molecule has 1 aliphatic heterocycles. The Hall–Kier alpha value is -0.120. The molecule has 15 heavy (non-hydrogen) atoms. The molecule has 1 rings (SSSR count). The van der Waals surface area contributed by atoms with Crippen LogP contribution in [0, 0.1) is 0 Å². The van der Waals surface area contributed by atoms with Crippen LogP contribution < -0.4 is 5.73 Å². The molecule has 1 radical (unpaired) electrons. The highest BCUT2D eigenvalue weighted by Crippen LogP contribution is 2.04. The van der Waals surface area contributed by atoms with Crippen molar-refractivity contribution in [3.05, 3.63) is 0 Å². The Labute approximate surface area is 94.6 Å². The van der Waals surface area contributed by atoms with Crippen molar-refractivity contribution < 1.29 is 0 Å². The van der Waals surface area contributed by atoms with E-state index in [0.29, 0.717) is 6.54 Å². The zero-order valence-electron chi connectivity index (χ0n) is 10.2. The zero-order chi connectivity index (χ0) is 10.9. The maximum absolute atomic E-state index is 7.10. The lowest BCUT2D eigenvalue weighted by molar-refractivity contribution is 0.130. The average Bonchev–Trinajstić information content (AvgIpc) is 2.28. The van der Waals surface area contributed by atoms with Gasteiger partial charge in [0, 0.05) is 32.7 Å². The lowest BCUT2D eigenvalue weighted by Gasteiger charge is -2.34. The van der Waals surface area contributed by atoms with Gasteiger partial charge in [-0.25, -0.2) is 0 Å². The van der Waals surface area contributed by atoms with Crippen LogP contribution in [-0.2, 0) is 0 Å². The van der Waals surface area contributed by atoms with E-state index in [1.807, 2.05) is 0 Å². The minimum absolute atomic E-state index is 0.594. The molecule has 3 heteroatoms. The van der Waals surface area contributed by atoms with Gasteiger partial charge in [0.1, 0.15) is 0 Å². The maximum Gasteiger partial charge on any atom is 0.0110 e. The monoisotopic (exact) mass is 212 g/mol. The number of nitrogens with zero attached hydrogens (tertiary/aromatic N) is 2. The molecule has 0 spiro atoms. The van der Waals surface area contributed by atoms with Gasteiger partial charge >= 0.3 is 0 Å². The summed E-state index contributed by atoms with van der Waals surface area (Å²) in [6.45, 7) is 10.3. The van der Waals surface area contributed by atoms with E-state index in [2.05, 4.69) is 16.7 Å². The molecular formula is C12H26N3. The van der Waals surface area contributed by atoms with Crippen LogP contribution in [0.3, 0.4) is 0 Å². The third kappa shape index (κ3) is 5.50. The fourth-order valence-electron chi connectivity index (χ4n) is 2.08. The van der Waals surface area contributed by atoms with Crippen molar-refractivity contribution in [3.63, 3.8) is 0 Å². The normalized spacial score (nSPS) is 19.6. The average molecular weight is 212 g/mol. The van der Waals surface area contributed by atoms with Crippen molar-refractivity contribution in [1.29, 1.82) is 0 Å². The van der Waals surface area contributed by atoms with E-state index in [1.165, 1.54) is 58.5 Å². The molecule has 1 N–H and O–H groups in total. The summed E-state index contributed by atoms with van der Waals surface area (Å²) < 4.78 is 0. The van der Waals surface area contributed by atoms with E-state index in [9.17, 15) is 0 Å². The van der Waals surface area contributed by atoms with Crippen LogP contribution in [0.5, 0.6) is 0 Å². The van der Waals surface area contributed by atoms with E-state index < -0.39 is 0 Å². The van der Waals surface area contributed by atoms with Gasteiger partial charge in [-0.2, -0.15) is 0 Å². The molecule has 0 aromatic carbocycles. The van der Waals surface area contributed by atoms with Gasteiger partial charge in [0.25, 0.3) is 0 Å². The zero-order valence-corrected chi connectivity index (χ0v) is 10.2. The van der Waals surface area contributed by atoms with Gasteiger partial charge in [-0.15, -0.1) is 0 Å². The molecule has 0 atom stereocenters. The number of unbranched alkanes of at least 4 members (excludes halogenated alkanes) is 2. The first-order valence-corrected chi connectivity index (χ1v) is 6.46. The minimum atomic E-state index is 0.594. The highest BCUT2D eigenvalue weighted by Gasteiger charge is 2.15. The fraction of sp³-hybridized carbons (Fsp3) is 1.00. The van der Waals surface area contributed by atoms with Crippen LogP contribution in [0.25, 0.3) is 0 Å². The van der Waals surface area contributed by atoms with Gasteiger partial charge in [-0.05, 0) is 32.4 Å². The first kappa shape index (κ1) is 12.9. The molecule has 1 aliphatic rings. The van der Waals surface area contributed by atoms with Gasteiger partial charge in [0.05, 0.1) is 0 Å². The van der Waals surface area contributed by atoms with Crippen LogP contribution in [0.1, 0.15) is 32.6 Å². The maximum atomic E-state index is 7.10. The topological polar surface area (TPSA) is 30.3 Å². The highest BCUT2D eigenvalue weighted by atomic mass is 15.3.